The molecule has 0 bridgehead atoms. The number of carboxylic acids is 1. The smallest absolute Gasteiger partial charge is 0.349 e. The van der Waals surface area contributed by atoms with Crippen LogP contribution in [-0.4, -0.2) is 17.2 Å². The van der Waals surface area contributed by atoms with E-state index in [-0.39, 0.29) is 0 Å². The zero-order valence-electron chi connectivity index (χ0n) is 8.96. The molecular weight excluding hydrogens is 216 g/mol. The van der Waals surface area contributed by atoms with Crippen molar-refractivity contribution >= 4 is 22.8 Å². The number of hydrogen-bond acceptors (Lipinski definition) is 2. The number of carbonyl (C=O) groups is 1. The number of ether oxygens (including phenoxy) is 1. The second-order valence-corrected chi connectivity index (χ2v) is 3.94. The molecular formula is C14H10O3. The molecule has 0 amide bonds. The van der Waals surface area contributed by atoms with Gasteiger partial charge in [0.1, 0.15) is 5.75 Å². The Bertz CT molecular complexity index is 628. The highest BCUT2D eigenvalue weighted by atomic mass is 16.5. The Labute approximate surface area is 97.9 Å². The van der Waals surface area contributed by atoms with Crippen LogP contribution in [0.4, 0.5) is 0 Å². The molecule has 17 heavy (non-hydrogen) atoms. The second kappa shape index (κ2) is 3.63. The monoisotopic (exact) mass is 226 g/mol. The molecule has 3 nitrogen and oxygen atoms in total. The summed E-state index contributed by atoms with van der Waals surface area (Å²) >= 11 is 0. The molecule has 1 heterocycles. The van der Waals surface area contributed by atoms with Gasteiger partial charge in [0.15, 0.2) is 0 Å². The number of carboxylic acid groups (broad SMARTS) is 1. The van der Waals surface area contributed by atoms with Gasteiger partial charge < -0.3 is 9.84 Å². The maximum absolute atomic E-state index is 10.9. The Hall–Kier alpha value is -2.29. The van der Waals surface area contributed by atoms with Gasteiger partial charge in [-0.3, -0.25) is 0 Å². The van der Waals surface area contributed by atoms with E-state index in [1.54, 1.807) is 12.2 Å². The van der Waals surface area contributed by atoms with Crippen molar-refractivity contribution in [3.63, 3.8) is 0 Å². The van der Waals surface area contributed by atoms with E-state index in [2.05, 4.69) is 0 Å². The first-order chi connectivity index (χ1) is 8.25. The minimum Gasteiger partial charge on any atom is -0.478 e. The van der Waals surface area contributed by atoms with Crippen molar-refractivity contribution in [3.05, 3.63) is 48.0 Å². The van der Waals surface area contributed by atoms with E-state index < -0.39 is 12.1 Å². The summed E-state index contributed by atoms with van der Waals surface area (Å²) in [7, 11) is 0. The number of fused-ring (bicyclic) bond motifs is 3. The van der Waals surface area contributed by atoms with Crippen LogP contribution in [0.5, 0.6) is 5.75 Å². The number of benzene rings is 2. The molecule has 2 aromatic rings. The Morgan fingerprint density at radius 2 is 2.00 bits per heavy atom. The number of hydrogen-bond donors (Lipinski definition) is 1. The van der Waals surface area contributed by atoms with Gasteiger partial charge in [-0.05, 0) is 11.5 Å². The normalized spacial score (nSPS) is 17.5. The number of aliphatic carboxylic acids is 1. The molecule has 1 atom stereocenters. The van der Waals surface area contributed by atoms with Crippen molar-refractivity contribution in [2.24, 2.45) is 0 Å². The molecule has 2 aromatic carbocycles. The van der Waals surface area contributed by atoms with E-state index >= 15 is 0 Å². The SMILES string of the molecule is O=C(O)C1C=Cc2ccc3ccccc3c2O1. The van der Waals surface area contributed by atoms with E-state index in [4.69, 9.17) is 9.84 Å². The lowest BCUT2D eigenvalue weighted by atomic mass is 10.0. The topological polar surface area (TPSA) is 46.5 Å². The van der Waals surface area contributed by atoms with Crippen molar-refractivity contribution in [2.45, 2.75) is 6.10 Å². The first-order valence-electron chi connectivity index (χ1n) is 5.35. The fourth-order valence-corrected chi connectivity index (χ4v) is 2.01. The molecule has 0 aromatic heterocycles. The summed E-state index contributed by atoms with van der Waals surface area (Å²) in [6.07, 6.45) is 2.46. The Morgan fingerprint density at radius 3 is 2.82 bits per heavy atom. The fraction of sp³-hybridized carbons (Fsp3) is 0.0714. The van der Waals surface area contributed by atoms with Crippen molar-refractivity contribution in [2.75, 3.05) is 0 Å². The van der Waals surface area contributed by atoms with E-state index in [0.717, 1.165) is 16.3 Å². The first-order valence-corrected chi connectivity index (χ1v) is 5.35. The average Bonchev–Trinajstić information content (AvgIpc) is 2.38. The number of rotatable bonds is 1. The summed E-state index contributed by atoms with van der Waals surface area (Å²) < 4.78 is 5.52. The second-order valence-electron chi connectivity index (χ2n) is 3.94. The molecule has 3 rings (SSSR count). The maximum atomic E-state index is 10.9. The molecule has 0 saturated carbocycles. The van der Waals surface area contributed by atoms with Gasteiger partial charge in [0.05, 0.1) is 0 Å². The van der Waals surface area contributed by atoms with E-state index in [0.29, 0.717) is 5.75 Å². The molecule has 0 fully saturated rings. The average molecular weight is 226 g/mol. The quantitative estimate of drug-likeness (QED) is 0.813. The van der Waals surface area contributed by atoms with E-state index in [9.17, 15) is 4.79 Å². The molecule has 0 radical (unpaired) electrons. The molecule has 0 spiro atoms. The van der Waals surface area contributed by atoms with Crippen molar-refractivity contribution in [3.8, 4) is 5.75 Å². The van der Waals surface area contributed by atoms with Crippen molar-refractivity contribution < 1.29 is 14.6 Å². The van der Waals surface area contributed by atoms with Crippen molar-refractivity contribution in [1.29, 1.82) is 0 Å². The summed E-state index contributed by atoms with van der Waals surface area (Å²) in [5, 5.41) is 11.0. The molecule has 0 aliphatic carbocycles. The minimum atomic E-state index is -0.972. The van der Waals surface area contributed by atoms with Crippen LogP contribution in [0.2, 0.25) is 0 Å². The standard InChI is InChI=1S/C14H10O3/c15-14(16)12-8-7-10-6-5-9-3-1-2-4-11(9)13(10)17-12/h1-8,12H,(H,15,16). The summed E-state index contributed by atoms with van der Waals surface area (Å²) in [6, 6.07) is 11.7. The highest BCUT2D eigenvalue weighted by Crippen LogP contribution is 2.34. The fourth-order valence-electron chi connectivity index (χ4n) is 2.01. The zero-order chi connectivity index (χ0) is 11.8. The Balaban J connectivity index is 2.21. The van der Waals surface area contributed by atoms with E-state index in [1.807, 2.05) is 36.4 Å². The minimum absolute atomic E-state index is 0.651. The van der Waals surface area contributed by atoms with Gasteiger partial charge >= 0.3 is 5.97 Å². The van der Waals surface area contributed by atoms with Gasteiger partial charge in [0, 0.05) is 10.9 Å². The van der Waals surface area contributed by atoms with Crippen LogP contribution < -0.4 is 4.74 Å². The molecule has 1 unspecified atom stereocenters. The lowest BCUT2D eigenvalue weighted by molar-refractivity contribution is -0.142. The summed E-state index contributed by atoms with van der Waals surface area (Å²) in [6.45, 7) is 0. The molecule has 0 saturated heterocycles. The van der Waals surface area contributed by atoms with Gasteiger partial charge in [-0.25, -0.2) is 4.79 Å². The van der Waals surface area contributed by atoms with Gasteiger partial charge in [-0.2, -0.15) is 0 Å². The lowest BCUT2D eigenvalue weighted by Crippen LogP contribution is -2.26. The highest BCUT2D eigenvalue weighted by molar-refractivity contribution is 5.93. The van der Waals surface area contributed by atoms with Crippen LogP contribution >= 0.6 is 0 Å². The predicted molar refractivity (Wildman–Crippen MR) is 65.0 cm³/mol. The third kappa shape index (κ3) is 1.56. The molecule has 3 heteroatoms. The van der Waals surface area contributed by atoms with Crippen LogP contribution in [-0.2, 0) is 4.79 Å². The van der Waals surface area contributed by atoms with Crippen LogP contribution in [0.3, 0.4) is 0 Å². The summed E-state index contributed by atoms with van der Waals surface area (Å²) in [5.41, 5.74) is 0.918. The van der Waals surface area contributed by atoms with Crippen LogP contribution in [0, 0.1) is 0 Å². The van der Waals surface area contributed by atoms with Crippen LogP contribution in [0.15, 0.2) is 42.5 Å². The summed E-state index contributed by atoms with van der Waals surface area (Å²) in [4.78, 5) is 10.9. The first kappa shape index (κ1) is 9.90. The zero-order valence-corrected chi connectivity index (χ0v) is 8.96. The van der Waals surface area contributed by atoms with Crippen LogP contribution in [0.25, 0.3) is 16.8 Å². The lowest BCUT2D eigenvalue weighted by Gasteiger charge is -2.19. The van der Waals surface area contributed by atoms with E-state index in [1.165, 1.54) is 0 Å². The highest BCUT2D eigenvalue weighted by Gasteiger charge is 2.22. The van der Waals surface area contributed by atoms with Gasteiger partial charge in [-0.15, -0.1) is 0 Å². The molecule has 1 aliphatic rings. The van der Waals surface area contributed by atoms with Crippen LogP contribution in [0.1, 0.15) is 5.56 Å². The molecule has 84 valence electrons. The maximum Gasteiger partial charge on any atom is 0.349 e. The van der Waals surface area contributed by atoms with Crippen molar-refractivity contribution in [1.82, 2.24) is 0 Å². The largest absolute Gasteiger partial charge is 0.478 e. The molecule has 1 aliphatic heterocycles. The van der Waals surface area contributed by atoms with Gasteiger partial charge in [-0.1, -0.05) is 42.5 Å². The third-order valence-corrected chi connectivity index (χ3v) is 2.85. The predicted octanol–water partition coefficient (Wildman–Crippen LogP) is 2.70. The third-order valence-electron chi connectivity index (χ3n) is 2.85. The Morgan fingerprint density at radius 1 is 1.18 bits per heavy atom. The summed E-state index contributed by atoms with van der Waals surface area (Å²) in [5.74, 6) is -0.321. The molecule has 1 N–H and O–H groups in total. The van der Waals surface area contributed by atoms with Gasteiger partial charge in [0.25, 0.3) is 0 Å². The Kier molecular flexibility index (Phi) is 2.11. The van der Waals surface area contributed by atoms with Gasteiger partial charge in [0.2, 0.25) is 6.10 Å².